The highest BCUT2D eigenvalue weighted by molar-refractivity contribution is 5.78. The minimum atomic E-state index is -0.731. The van der Waals surface area contributed by atoms with Crippen molar-refractivity contribution in [2.24, 2.45) is 11.8 Å². The molecular formula is C17H34N2O2. The molecule has 21 heavy (non-hydrogen) atoms. The fourth-order valence-electron chi connectivity index (χ4n) is 3.24. The molecule has 0 spiro atoms. The van der Waals surface area contributed by atoms with Crippen LogP contribution in [0.25, 0.3) is 0 Å². The molecule has 4 nitrogen and oxygen atoms in total. The van der Waals surface area contributed by atoms with E-state index in [-0.39, 0.29) is 0 Å². The Morgan fingerprint density at radius 2 is 2.05 bits per heavy atom. The highest BCUT2D eigenvalue weighted by Gasteiger charge is 2.35. The Morgan fingerprint density at radius 3 is 2.57 bits per heavy atom. The summed E-state index contributed by atoms with van der Waals surface area (Å²) in [5.74, 6) is 0.882. The molecule has 0 aliphatic carbocycles. The topological polar surface area (TPSA) is 52.6 Å². The summed E-state index contributed by atoms with van der Waals surface area (Å²) in [5, 5.41) is 12.9. The van der Waals surface area contributed by atoms with Crippen molar-refractivity contribution < 1.29 is 9.90 Å². The number of rotatable bonds is 9. The van der Waals surface area contributed by atoms with E-state index in [1.807, 2.05) is 6.92 Å². The molecule has 1 fully saturated rings. The van der Waals surface area contributed by atoms with Gasteiger partial charge in [0.15, 0.2) is 0 Å². The van der Waals surface area contributed by atoms with Crippen molar-refractivity contribution in [3.05, 3.63) is 0 Å². The van der Waals surface area contributed by atoms with Gasteiger partial charge in [-0.1, -0.05) is 27.7 Å². The van der Waals surface area contributed by atoms with Crippen LogP contribution in [0.1, 0.15) is 59.8 Å². The second-order valence-electron chi connectivity index (χ2n) is 6.81. The number of carboxylic acids is 1. The molecule has 1 aliphatic rings. The Morgan fingerprint density at radius 1 is 1.33 bits per heavy atom. The highest BCUT2D eigenvalue weighted by Crippen LogP contribution is 2.24. The molecule has 1 aliphatic heterocycles. The summed E-state index contributed by atoms with van der Waals surface area (Å²) < 4.78 is 0. The minimum Gasteiger partial charge on any atom is -0.480 e. The van der Waals surface area contributed by atoms with Crippen LogP contribution >= 0.6 is 0 Å². The third kappa shape index (κ3) is 5.26. The van der Waals surface area contributed by atoms with E-state index in [0.717, 1.165) is 50.7 Å². The maximum atomic E-state index is 11.7. The van der Waals surface area contributed by atoms with E-state index in [9.17, 15) is 9.90 Å². The van der Waals surface area contributed by atoms with E-state index >= 15 is 0 Å². The molecule has 1 heterocycles. The van der Waals surface area contributed by atoms with Crippen molar-refractivity contribution in [3.63, 3.8) is 0 Å². The number of carboxylic acid groups (broad SMARTS) is 1. The predicted molar refractivity (Wildman–Crippen MR) is 87.6 cm³/mol. The van der Waals surface area contributed by atoms with E-state index in [1.54, 1.807) is 0 Å². The van der Waals surface area contributed by atoms with Crippen molar-refractivity contribution in [1.29, 1.82) is 0 Å². The normalized spacial score (nSPS) is 26.5. The van der Waals surface area contributed by atoms with E-state index in [1.165, 1.54) is 13.0 Å². The quantitative estimate of drug-likeness (QED) is 0.687. The van der Waals surface area contributed by atoms with Crippen LogP contribution < -0.4 is 5.32 Å². The number of likely N-dealkylation sites (tertiary alicyclic amines) is 1. The Balaban J connectivity index is 2.44. The fraction of sp³-hybridized carbons (Fsp3) is 0.941. The second-order valence-corrected chi connectivity index (χ2v) is 6.81. The van der Waals surface area contributed by atoms with Gasteiger partial charge in [-0.15, -0.1) is 0 Å². The molecule has 0 aromatic heterocycles. The van der Waals surface area contributed by atoms with Gasteiger partial charge in [-0.2, -0.15) is 0 Å². The van der Waals surface area contributed by atoms with Crippen molar-refractivity contribution in [2.45, 2.75) is 65.3 Å². The summed E-state index contributed by atoms with van der Waals surface area (Å²) >= 11 is 0. The van der Waals surface area contributed by atoms with Crippen LogP contribution in [0.2, 0.25) is 0 Å². The maximum absolute atomic E-state index is 11.7. The molecule has 124 valence electrons. The summed E-state index contributed by atoms with van der Waals surface area (Å²) in [6.45, 7) is 12.8. The molecule has 0 saturated carbocycles. The first kappa shape index (κ1) is 18.4. The Labute approximate surface area is 130 Å². The largest absolute Gasteiger partial charge is 0.480 e. The zero-order valence-electron chi connectivity index (χ0n) is 14.3. The van der Waals surface area contributed by atoms with Crippen LogP contribution in [-0.2, 0) is 4.79 Å². The number of piperidine rings is 1. The molecule has 0 bridgehead atoms. The lowest BCUT2D eigenvalue weighted by Crippen LogP contribution is -2.52. The maximum Gasteiger partial charge on any atom is 0.323 e. The van der Waals surface area contributed by atoms with Crippen LogP contribution in [0.15, 0.2) is 0 Å². The van der Waals surface area contributed by atoms with Gasteiger partial charge in [0.1, 0.15) is 5.54 Å². The third-order valence-corrected chi connectivity index (χ3v) is 5.22. The Kier molecular flexibility index (Phi) is 7.67. The first-order chi connectivity index (χ1) is 9.95. The van der Waals surface area contributed by atoms with Gasteiger partial charge in [-0.3, -0.25) is 4.79 Å². The number of nitrogens with one attached hydrogen (secondary N) is 1. The Hall–Kier alpha value is -0.610. The van der Waals surface area contributed by atoms with Crippen LogP contribution in [0.3, 0.4) is 0 Å². The van der Waals surface area contributed by atoms with Crippen molar-refractivity contribution in [1.82, 2.24) is 10.2 Å². The minimum absolute atomic E-state index is 0.649. The fourth-order valence-corrected chi connectivity index (χ4v) is 3.24. The SMILES string of the molecule is CCCNC(CC)(CCCN1CCC(C)C(C)C1)C(=O)O. The van der Waals surface area contributed by atoms with Crippen molar-refractivity contribution in [2.75, 3.05) is 26.2 Å². The van der Waals surface area contributed by atoms with Crippen molar-refractivity contribution >= 4 is 5.97 Å². The number of nitrogens with zero attached hydrogens (tertiary/aromatic N) is 1. The van der Waals surface area contributed by atoms with Gasteiger partial charge in [0.2, 0.25) is 0 Å². The predicted octanol–water partition coefficient (Wildman–Crippen LogP) is 2.98. The summed E-state index contributed by atoms with van der Waals surface area (Å²) in [4.78, 5) is 14.2. The Bertz CT molecular complexity index is 322. The number of carbonyl (C=O) groups is 1. The third-order valence-electron chi connectivity index (χ3n) is 5.22. The lowest BCUT2D eigenvalue weighted by Gasteiger charge is -2.36. The molecule has 3 atom stereocenters. The summed E-state index contributed by atoms with van der Waals surface area (Å²) in [5.41, 5.74) is -0.731. The van der Waals surface area contributed by atoms with Crippen LogP contribution in [0.5, 0.6) is 0 Å². The zero-order chi connectivity index (χ0) is 15.9. The van der Waals surface area contributed by atoms with E-state index in [2.05, 4.69) is 31.0 Å². The summed E-state index contributed by atoms with van der Waals surface area (Å²) in [6.07, 6.45) is 4.57. The lowest BCUT2D eigenvalue weighted by molar-refractivity contribution is -0.145. The smallest absolute Gasteiger partial charge is 0.323 e. The highest BCUT2D eigenvalue weighted by atomic mass is 16.4. The molecule has 0 amide bonds. The average molecular weight is 298 g/mol. The van der Waals surface area contributed by atoms with E-state index in [0.29, 0.717) is 6.42 Å². The number of hydrogen-bond acceptors (Lipinski definition) is 3. The van der Waals surface area contributed by atoms with E-state index < -0.39 is 11.5 Å². The first-order valence-electron chi connectivity index (χ1n) is 8.66. The van der Waals surface area contributed by atoms with E-state index in [4.69, 9.17) is 0 Å². The van der Waals surface area contributed by atoms with Crippen LogP contribution in [0.4, 0.5) is 0 Å². The summed E-state index contributed by atoms with van der Waals surface area (Å²) in [7, 11) is 0. The number of hydrogen-bond donors (Lipinski definition) is 2. The number of aliphatic carboxylic acids is 1. The molecule has 0 aromatic rings. The second kappa shape index (κ2) is 8.74. The first-order valence-corrected chi connectivity index (χ1v) is 8.66. The molecule has 1 saturated heterocycles. The molecule has 3 unspecified atom stereocenters. The molecule has 0 aromatic carbocycles. The van der Waals surface area contributed by atoms with Crippen LogP contribution in [-0.4, -0.2) is 47.7 Å². The van der Waals surface area contributed by atoms with Gasteiger partial charge in [0.05, 0.1) is 0 Å². The van der Waals surface area contributed by atoms with Gasteiger partial charge < -0.3 is 15.3 Å². The van der Waals surface area contributed by atoms with Gasteiger partial charge in [-0.05, 0) is 63.6 Å². The average Bonchev–Trinajstić information content (AvgIpc) is 2.46. The molecular weight excluding hydrogens is 264 g/mol. The molecule has 0 radical (unpaired) electrons. The van der Waals surface area contributed by atoms with Crippen LogP contribution in [0, 0.1) is 11.8 Å². The molecule has 4 heteroatoms. The zero-order valence-corrected chi connectivity index (χ0v) is 14.3. The molecule has 2 N–H and O–H groups in total. The van der Waals surface area contributed by atoms with Gasteiger partial charge in [0.25, 0.3) is 0 Å². The van der Waals surface area contributed by atoms with Gasteiger partial charge in [-0.25, -0.2) is 0 Å². The van der Waals surface area contributed by atoms with Gasteiger partial charge in [0, 0.05) is 6.54 Å². The molecule has 1 rings (SSSR count). The standard InChI is InChI=1S/C17H34N2O2/c1-5-10-18-17(6-2,16(20)21)9-7-11-19-12-8-14(3)15(4)13-19/h14-15,18H,5-13H2,1-4H3,(H,20,21). The lowest BCUT2D eigenvalue weighted by atomic mass is 9.87. The van der Waals surface area contributed by atoms with Crippen molar-refractivity contribution in [3.8, 4) is 0 Å². The van der Waals surface area contributed by atoms with Gasteiger partial charge >= 0.3 is 5.97 Å². The monoisotopic (exact) mass is 298 g/mol. The summed E-state index contributed by atoms with van der Waals surface area (Å²) in [6, 6.07) is 0.